The first-order valence-corrected chi connectivity index (χ1v) is 3.39. The molecule has 0 aliphatic rings. The van der Waals surface area contributed by atoms with Gasteiger partial charge in [-0.2, -0.15) is 0 Å². The Morgan fingerprint density at radius 1 is 1.42 bits per heavy atom. The molecule has 1 amide bonds. The summed E-state index contributed by atoms with van der Waals surface area (Å²) >= 11 is 0. The Morgan fingerprint density at radius 3 is 2.25 bits per heavy atom. The van der Waals surface area contributed by atoms with Gasteiger partial charge in [0.2, 0.25) is 5.96 Å². The zero-order valence-corrected chi connectivity index (χ0v) is 7.42. The minimum absolute atomic E-state index is 0.221. The van der Waals surface area contributed by atoms with Crippen LogP contribution in [-0.4, -0.2) is 17.7 Å². The van der Waals surface area contributed by atoms with Crippen LogP contribution in [0.25, 0.3) is 0 Å². The predicted octanol–water partition coefficient (Wildman–Crippen LogP) is -0.300. The van der Waals surface area contributed by atoms with Gasteiger partial charge in [0.1, 0.15) is 5.60 Å². The Balaban J connectivity index is 3.84. The molecule has 0 unspecified atom stereocenters. The fourth-order valence-corrected chi connectivity index (χ4v) is 0.411. The SMILES string of the molecule is CC(C)(C)OC(=O)NN=C(N)N. The Labute approximate surface area is 70.9 Å². The van der Waals surface area contributed by atoms with Gasteiger partial charge in [0.15, 0.2) is 0 Å². The molecule has 0 aromatic carbocycles. The van der Waals surface area contributed by atoms with Gasteiger partial charge in [0.05, 0.1) is 0 Å². The van der Waals surface area contributed by atoms with E-state index in [9.17, 15) is 4.79 Å². The van der Waals surface area contributed by atoms with Crippen LogP contribution in [0.4, 0.5) is 4.79 Å². The highest BCUT2D eigenvalue weighted by Gasteiger charge is 2.15. The van der Waals surface area contributed by atoms with Crippen molar-refractivity contribution in [3.63, 3.8) is 0 Å². The predicted molar refractivity (Wildman–Crippen MR) is 45.2 cm³/mol. The molecule has 0 aromatic heterocycles. The molecule has 6 nitrogen and oxygen atoms in total. The van der Waals surface area contributed by atoms with Gasteiger partial charge in [-0.3, -0.25) is 0 Å². The summed E-state index contributed by atoms with van der Waals surface area (Å²) in [4.78, 5) is 10.8. The Kier molecular flexibility index (Phi) is 3.33. The first-order chi connectivity index (χ1) is 5.31. The number of carbonyl (C=O) groups excluding carboxylic acids is 1. The number of amides is 1. The summed E-state index contributed by atoms with van der Waals surface area (Å²) in [5, 5.41) is 3.26. The summed E-state index contributed by atoms with van der Waals surface area (Å²) in [6, 6.07) is 0. The lowest BCUT2D eigenvalue weighted by Crippen LogP contribution is -2.33. The largest absolute Gasteiger partial charge is 0.443 e. The van der Waals surface area contributed by atoms with E-state index in [1.54, 1.807) is 20.8 Å². The zero-order chi connectivity index (χ0) is 9.78. The van der Waals surface area contributed by atoms with E-state index in [0.29, 0.717) is 0 Å². The second-order valence-corrected chi connectivity index (χ2v) is 3.15. The molecule has 12 heavy (non-hydrogen) atoms. The van der Waals surface area contributed by atoms with Crippen LogP contribution < -0.4 is 16.9 Å². The van der Waals surface area contributed by atoms with Gasteiger partial charge in [-0.25, -0.2) is 10.2 Å². The molecule has 0 aliphatic heterocycles. The second kappa shape index (κ2) is 3.80. The lowest BCUT2D eigenvalue weighted by atomic mass is 10.2. The van der Waals surface area contributed by atoms with Crippen molar-refractivity contribution in [1.29, 1.82) is 0 Å². The summed E-state index contributed by atoms with van der Waals surface area (Å²) in [6.45, 7) is 5.21. The van der Waals surface area contributed by atoms with E-state index in [4.69, 9.17) is 16.2 Å². The molecule has 0 rings (SSSR count). The average Bonchev–Trinajstić information content (AvgIpc) is 1.79. The number of guanidine groups is 1. The topological polar surface area (TPSA) is 103 Å². The van der Waals surface area contributed by atoms with Crippen LogP contribution in [0, 0.1) is 0 Å². The van der Waals surface area contributed by atoms with Crippen molar-refractivity contribution in [3.05, 3.63) is 0 Å². The highest BCUT2D eigenvalue weighted by Crippen LogP contribution is 2.05. The van der Waals surface area contributed by atoms with Gasteiger partial charge in [0.25, 0.3) is 0 Å². The van der Waals surface area contributed by atoms with Gasteiger partial charge < -0.3 is 16.2 Å². The smallest absolute Gasteiger partial charge is 0.428 e. The molecule has 0 saturated carbocycles. The molecule has 0 spiro atoms. The van der Waals surface area contributed by atoms with Crippen LogP contribution in [0.5, 0.6) is 0 Å². The molecule has 6 heteroatoms. The minimum Gasteiger partial charge on any atom is -0.443 e. The average molecular weight is 174 g/mol. The molecule has 0 aromatic rings. The van der Waals surface area contributed by atoms with Gasteiger partial charge in [-0.1, -0.05) is 0 Å². The number of carbonyl (C=O) groups is 1. The lowest BCUT2D eigenvalue weighted by molar-refractivity contribution is 0.0529. The molecule has 0 bridgehead atoms. The highest BCUT2D eigenvalue weighted by atomic mass is 16.6. The third-order valence-corrected chi connectivity index (χ3v) is 0.675. The van der Waals surface area contributed by atoms with Crippen LogP contribution in [0.2, 0.25) is 0 Å². The van der Waals surface area contributed by atoms with Gasteiger partial charge >= 0.3 is 6.09 Å². The number of rotatable bonds is 1. The monoisotopic (exact) mass is 174 g/mol. The molecule has 5 N–H and O–H groups in total. The second-order valence-electron chi connectivity index (χ2n) is 3.15. The Hall–Kier alpha value is -1.46. The number of nitrogens with two attached hydrogens (primary N) is 2. The molecule has 0 aliphatic carbocycles. The van der Waals surface area contributed by atoms with Crippen LogP contribution >= 0.6 is 0 Å². The third kappa shape index (κ3) is 6.66. The molecular formula is C6H14N4O2. The summed E-state index contributed by atoms with van der Waals surface area (Å²) in [6.07, 6.45) is -0.684. The van der Waals surface area contributed by atoms with Crippen LogP contribution in [0.1, 0.15) is 20.8 Å². The Bertz CT molecular complexity index is 190. The molecular weight excluding hydrogens is 160 g/mol. The fourth-order valence-electron chi connectivity index (χ4n) is 0.411. The number of ether oxygens (including phenoxy) is 1. The van der Waals surface area contributed by atoms with E-state index >= 15 is 0 Å². The van der Waals surface area contributed by atoms with Crippen molar-refractivity contribution in [1.82, 2.24) is 5.43 Å². The van der Waals surface area contributed by atoms with E-state index in [0.717, 1.165) is 0 Å². The molecule has 0 saturated heterocycles. The molecule has 0 heterocycles. The molecule has 0 radical (unpaired) electrons. The molecule has 70 valence electrons. The quantitative estimate of drug-likeness (QED) is 0.288. The minimum atomic E-state index is -0.684. The van der Waals surface area contributed by atoms with Crippen molar-refractivity contribution in [2.24, 2.45) is 16.6 Å². The fraction of sp³-hybridized carbons (Fsp3) is 0.667. The van der Waals surface area contributed by atoms with Crippen LogP contribution in [0.3, 0.4) is 0 Å². The van der Waals surface area contributed by atoms with Gasteiger partial charge in [0, 0.05) is 0 Å². The first-order valence-electron chi connectivity index (χ1n) is 3.39. The van der Waals surface area contributed by atoms with Crippen molar-refractivity contribution >= 4 is 12.1 Å². The normalized spacial score (nSPS) is 10.2. The number of hydrogen-bond donors (Lipinski definition) is 3. The van der Waals surface area contributed by atoms with E-state index in [2.05, 4.69) is 5.10 Å². The summed E-state index contributed by atoms with van der Waals surface area (Å²) < 4.78 is 4.82. The standard InChI is InChI=1S/C6H14N4O2/c1-6(2,3)12-5(11)10-9-4(7)8/h1-3H3,(H,10,11)(H4,7,8,9). The van der Waals surface area contributed by atoms with Gasteiger partial charge in [-0.05, 0) is 20.8 Å². The van der Waals surface area contributed by atoms with Crippen molar-refractivity contribution in [3.8, 4) is 0 Å². The van der Waals surface area contributed by atoms with E-state index in [1.165, 1.54) is 0 Å². The van der Waals surface area contributed by atoms with Crippen LogP contribution in [0.15, 0.2) is 5.10 Å². The Morgan fingerprint density at radius 2 is 1.92 bits per heavy atom. The number of nitrogens with one attached hydrogen (secondary N) is 1. The van der Waals surface area contributed by atoms with E-state index in [1.807, 2.05) is 5.43 Å². The summed E-state index contributed by atoms with van der Waals surface area (Å²) in [5.74, 6) is -0.221. The van der Waals surface area contributed by atoms with Gasteiger partial charge in [-0.15, -0.1) is 5.10 Å². The van der Waals surface area contributed by atoms with E-state index in [-0.39, 0.29) is 5.96 Å². The maximum atomic E-state index is 10.8. The molecule has 0 atom stereocenters. The maximum Gasteiger partial charge on any atom is 0.428 e. The number of hydrogen-bond acceptors (Lipinski definition) is 3. The number of hydrazone groups is 1. The van der Waals surface area contributed by atoms with Crippen molar-refractivity contribution in [2.75, 3.05) is 0 Å². The zero-order valence-electron chi connectivity index (χ0n) is 7.42. The van der Waals surface area contributed by atoms with E-state index < -0.39 is 11.7 Å². The summed E-state index contributed by atoms with van der Waals surface area (Å²) in [5.41, 5.74) is 11.4. The highest BCUT2D eigenvalue weighted by molar-refractivity contribution is 5.77. The first kappa shape index (κ1) is 10.5. The lowest BCUT2D eigenvalue weighted by Gasteiger charge is -2.18. The van der Waals surface area contributed by atoms with Crippen molar-refractivity contribution in [2.45, 2.75) is 26.4 Å². The third-order valence-electron chi connectivity index (χ3n) is 0.675. The maximum absolute atomic E-state index is 10.8. The summed E-state index contributed by atoms with van der Waals surface area (Å²) in [7, 11) is 0. The number of nitrogens with zero attached hydrogens (tertiary/aromatic N) is 1. The van der Waals surface area contributed by atoms with Crippen LogP contribution in [-0.2, 0) is 4.74 Å². The van der Waals surface area contributed by atoms with Crippen molar-refractivity contribution < 1.29 is 9.53 Å². The molecule has 0 fully saturated rings.